The van der Waals surface area contributed by atoms with Gasteiger partial charge < -0.3 is 4.98 Å². The number of H-pyrrole nitrogens is 1. The number of imidazole rings is 1. The van der Waals surface area contributed by atoms with Crippen molar-refractivity contribution >= 4 is 11.2 Å². The summed E-state index contributed by atoms with van der Waals surface area (Å²) >= 11 is 0. The van der Waals surface area contributed by atoms with Crippen LogP contribution in [0.4, 0.5) is 22.0 Å². The topological polar surface area (TPSA) is 41.6 Å². The Labute approximate surface area is 91.7 Å². The Bertz CT molecular complexity index is 540. The Balaban J connectivity index is 2.56. The molecular weight excluding hydrogens is 245 g/mol. The maximum Gasteiger partial charge on any atom is 0.433 e. The van der Waals surface area contributed by atoms with Crippen LogP contribution in [0.3, 0.4) is 0 Å². The third-order valence-electron chi connectivity index (χ3n) is 2.05. The van der Waals surface area contributed by atoms with E-state index in [0.717, 1.165) is 6.07 Å². The Kier molecular flexibility index (Phi) is 2.33. The summed E-state index contributed by atoms with van der Waals surface area (Å²) in [4.78, 5) is 8.74. The number of nitrogens with zero attached hydrogens (tertiary/aromatic N) is 2. The minimum Gasteiger partial charge on any atom is -0.336 e. The zero-order valence-electron chi connectivity index (χ0n) is 8.44. The molecule has 0 atom stereocenters. The lowest BCUT2D eigenvalue weighted by molar-refractivity contribution is -0.141. The second-order valence-corrected chi connectivity index (χ2v) is 3.54. The van der Waals surface area contributed by atoms with Gasteiger partial charge >= 0.3 is 12.1 Å². The van der Waals surface area contributed by atoms with E-state index in [0.29, 0.717) is 13.0 Å². The molecule has 0 unspecified atom stereocenters. The number of aromatic nitrogens is 3. The van der Waals surface area contributed by atoms with Gasteiger partial charge in [0.15, 0.2) is 11.5 Å². The summed E-state index contributed by atoms with van der Waals surface area (Å²) in [5.41, 5.74) is -1.51. The molecular formula is C9H6F5N3. The fourth-order valence-corrected chi connectivity index (χ4v) is 1.26. The molecule has 0 bridgehead atoms. The molecule has 92 valence electrons. The number of hydrogen-bond donors (Lipinski definition) is 1. The van der Waals surface area contributed by atoms with Crippen molar-refractivity contribution in [2.75, 3.05) is 0 Å². The van der Waals surface area contributed by atoms with E-state index >= 15 is 0 Å². The second-order valence-electron chi connectivity index (χ2n) is 3.54. The highest BCUT2D eigenvalue weighted by Gasteiger charge is 2.34. The van der Waals surface area contributed by atoms with Crippen LogP contribution in [0.25, 0.3) is 11.2 Å². The summed E-state index contributed by atoms with van der Waals surface area (Å²) in [6.45, 7) is 0.593. The highest BCUT2D eigenvalue weighted by Crippen LogP contribution is 2.30. The van der Waals surface area contributed by atoms with Gasteiger partial charge in [0.05, 0.1) is 5.52 Å². The number of rotatable bonds is 1. The maximum atomic E-state index is 12.9. The molecule has 0 radical (unpaired) electrons. The first-order valence-corrected chi connectivity index (χ1v) is 4.50. The molecule has 8 heteroatoms. The lowest BCUT2D eigenvalue weighted by Crippen LogP contribution is -2.09. The van der Waals surface area contributed by atoms with Crippen LogP contribution in [0.5, 0.6) is 0 Å². The fourth-order valence-electron chi connectivity index (χ4n) is 1.26. The molecule has 2 aromatic rings. The molecule has 1 N–H and O–H groups in total. The van der Waals surface area contributed by atoms with E-state index in [1.165, 1.54) is 0 Å². The molecule has 2 aromatic heterocycles. The first-order valence-electron chi connectivity index (χ1n) is 4.50. The second kappa shape index (κ2) is 3.38. The molecule has 0 aliphatic carbocycles. The van der Waals surface area contributed by atoms with E-state index in [2.05, 4.69) is 15.0 Å². The summed E-state index contributed by atoms with van der Waals surface area (Å²) in [5, 5.41) is 0. The number of nitrogens with one attached hydrogen (secondary N) is 1. The lowest BCUT2D eigenvalue weighted by Gasteiger charge is -2.03. The normalized spacial score (nSPS) is 13.3. The molecule has 0 amide bonds. The van der Waals surface area contributed by atoms with Crippen molar-refractivity contribution in [3.8, 4) is 0 Å². The molecule has 0 aliphatic heterocycles. The number of fused-ring (bicyclic) bond motifs is 1. The zero-order valence-corrected chi connectivity index (χ0v) is 8.44. The van der Waals surface area contributed by atoms with Gasteiger partial charge in [0.1, 0.15) is 5.69 Å². The number of alkyl halides is 5. The quantitative estimate of drug-likeness (QED) is 0.791. The molecule has 0 spiro atoms. The van der Waals surface area contributed by atoms with Crippen LogP contribution in [-0.4, -0.2) is 15.0 Å². The van der Waals surface area contributed by atoms with Crippen molar-refractivity contribution in [3.05, 3.63) is 23.7 Å². The van der Waals surface area contributed by atoms with Crippen LogP contribution in [0.1, 0.15) is 18.4 Å². The van der Waals surface area contributed by atoms with Gasteiger partial charge in [-0.25, -0.2) is 9.97 Å². The summed E-state index contributed by atoms with van der Waals surface area (Å²) in [6.07, 6.45) is -4.62. The van der Waals surface area contributed by atoms with E-state index < -0.39 is 23.6 Å². The van der Waals surface area contributed by atoms with Gasteiger partial charge in [0.2, 0.25) is 0 Å². The predicted molar refractivity (Wildman–Crippen MR) is 48.5 cm³/mol. The van der Waals surface area contributed by atoms with E-state index in [9.17, 15) is 22.0 Å². The van der Waals surface area contributed by atoms with Crippen LogP contribution in [0, 0.1) is 0 Å². The fraction of sp³-hybridized carbons (Fsp3) is 0.333. The molecule has 2 rings (SSSR count). The highest BCUT2D eigenvalue weighted by molar-refractivity contribution is 5.70. The number of hydrogen-bond acceptors (Lipinski definition) is 2. The molecule has 17 heavy (non-hydrogen) atoms. The molecule has 0 saturated carbocycles. The predicted octanol–water partition coefficient (Wildman–Crippen LogP) is 3.09. The summed E-state index contributed by atoms with van der Waals surface area (Å²) in [6, 6.07) is 1.73. The minimum atomic E-state index is -4.62. The van der Waals surface area contributed by atoms with Gasteiger partial charge in [-0.2, -0.15) is 22.0 Å². The zero-order chi connectivity index (χ0) is 12.8. The Hall–Kier alpha value is -1.73. The average Bonchev–Trinajstić information content (AvgIpc) is 2.57. The van der Waals surface area contributed by atoms with Crippen LogP contribution in [0.15, 0.2) is 12.1 Å². The first kappa shape index (κ1) is 11.7. The van der Waals surface area contributed by atoms with E-state index in [4.69, 9.17) is 0 Å². The number of pyridine rings is 1. The molecule has 0 fully saturated rings. The SMILES string of the molecule is CC(F)(F)c1nc2nc(C(F)(F)F)ccc2[nH]1. The summed E-state index contributed by atoms with van der Waals surface area (Å²) in [5.74, 6) is -3.96. The monoisotopic (exact) mass is 251 g/mol. The average molecular weight is 251 g/mol. The van der Waals surface area contributed by atoms with Crippen molar-refractivity contribution < 1.29 is 22.0 Å². The third kappa shape index (κ3) is 2.20. The van der Waals surface area contributed by atoms with Gasteiger partial charge in [-0.3, -0.25) is 0 Å². The Morgan fingerprint density at radius 2 is 1.71 bits per heavy atom. The standard InChI is InChI=1S/C9H6F5N3/c1-8(10,11)7-15-4-2-3-5(9(12,13)14)16-6(4)17-7/h2-3H,1H3,(H,15,16,17). The summed E-state index contributed by atoms with van der Waals surface area (Å²) in [7, 11) is 0. The molecule has 0 saturated heterocycles. The Morgan fingerprint density at radius 3 is 2.24 bits per heavy atom. The van der Waals surface area contributed by atoms with Crippen molar-refractivity contribution in [2.45, 2.75) is 19.0 Å². The largest absolute Gasteiger partial charge is 0.433 e. The van der Waals surface area contributed by atoms with Gasteiger partial charge in [-0.05, 0) is 12.1 Å². The lowest BCUT2D eigenvalue weighted by atomic mass is 10.3. The highest BCUT2D eigenvalue weighted by atomic mass is 19.4. The number of halogens is 5. The van der Waals surface area contributed by atoms with Crippen molar-refractivity contribution in [1.29, 1.82) is 0 Å². The summed E-state index contributed by atoms with van der Waals surface area (Å²) < 4.78 is 62.7. The first-order chi connectivity index (χ1) is 7.68. The van der Waals surface area contributed by atoms with Gasteiger partial charge in [-0.15, -0.1) is 0 Å². The number of aromatic amines is 1. The van der Waals surface area contributed by atoms with Gasteiger partial charge in [-0.1, -0.05) is 0 Å². The van der Waals surface area contributed by atoms with E-state index in [-0.39, 0.29) is 11.2 Å². The van der Waals surface area contributed by atoms with Crippen LogP contribution in [-0.2, 0) is 12.1 Å². The Morgan fingerprint density at radius 1 is 1.06 bits per heavy atom. The molecule has 2 heterocycles. The van der Waals surface area contributed by atoms with E-state index in [1.54, 1.807) is 0 Å². The van der Waals surface area contributed by atoms with Crippen molar-refractivity contribution in [2.24, 2.45) is 0 Å². The third-order valence-corrected chi connectivity index (χ3v) is 2.05. The smallest absolute Gasteiger partial charge is 0.336 e. The van der Waals surface area contributed by atoms with Crippen LogP contribution < -0.4 is 0 Å². The van der Waals surface area contributed by atoms with Crippen molar-refractivity contribution in [1.82, 2.24) is 15.0 Å². The van der Waals surface area contributed by atoms with Gasteiger partial charge in [0.25, 0.3) is 0 Å². The van der Waals surface area contributed by atoms with Crippen LogP contribution in [0.2, 0.25) is 0 Å². The molecule has 0 aromatic carbocycles. The maximum absolute atomic E-state index is 12.9. The van der Waals surface area contributed by atoms with E-state index in [1.807, 2.05) is 0 Å². The van der Waals surface area contributed by atoms with Crippen LogP contribution >= 0.6 is 0 Å². The molecule has 0 aliphatic rings. The van der Waals surface area contributed by atoms with Crippen molar-refractivity contribution in [3.63, 3.8) is 0 Å². The van der Waals surface area contributed by atoms with Gasteiger partial charge in [0, 0.05) is 6.92 Å². The molecule has 3 nitrogen and oxygen atoms in total. The minimum absolute atomic E-state index is 0.0366.